The molecule has 2 heteroatoms. The smallest absolute Gasteiger partial charge is 0.0349 e. The molecular formula is C11H11BrS. The molecule has 0 atom stereocenters. The molecule has 0 nitrogen and oxygen atoms in total. The number of benzene rings is 1. The van der Waals surface area contributed by atoms with Crippen LogP contribution in [0.3, 0.4) is 0 Å². The lowest BCUT2D eigenvalue weighted by molar-refractivity contribution is 1.19. The molecule has 2 rings (SSSR count). The quantitative estimate of drug-likeness (QED) is 0.702. The molecule has 13 heavy (non-hydrogen) atoms. The fraction of sp³-hybridized carbons (Fsp3) is 0.273. The Labute approximate surface area is 90.7 Å². The van der Waals surface area contributed by atoms with Gasteiger partial charge in [0, 0.05) is 14.0 Å². The third-order valence-electron chi connectivity index (χ3n) is 2.20. The first-order valence-electron chi connectivity index (χ1n) is 4.39. The molecule has 0 radical (unpaired) electrons. The Morgan fingerprint density at radius 3 is 2.77 bits per heavy atom. The molecule has 2 aromatic rings. The topological polar surface area (TPSA) is 0 Å². The van der Waals surface area contributed by atoms with Gasteiger partial charge in [-0.05, 0) is 42.5 Å². The fourth-order valence-electron chi connectivity index (χ4n) is 1.39. The number of hydrogen-bond acceptors (Lipinski definition) is 1. The lowest BCUT2D eigenvalue weighted by Crippen LogP contribution is -1.72. The van der Waals surface area contributed by atoms with Gasteiger partial charge in [-0.15, -0.1) is 11.3 Å². The summed E-state index contributed by atoms with van der Waals surface area (Å²) in [6.45, 7) is 4.33. The second-order valence-corrected chi connectivity index (χ2v) is 5.23. The van der Waals surface area contributed by atoms with Gasteiger partial charge < -0.3 is 0 Å². The molecule has 0 aliphatic heterocycles. The first-order chi connectivity index (χ1) is 6.20. The monoisotopic (exact) mass is 254 g/mol. The van der Waals surface area contributed by atoms with Crippen molar-refractivity contribution in [2.75, 3.05) is 0 Å². The van der Waals surface area contributed by atoms with Crippen LogP contribution in [0.4, 0.5) is 0 Å². The van der Waals surface area contributed by atoms with Crippen LogP contribution in [0.15, 0.2) is 22.7 Å². The van der Waals surface area contributed by atoms with Crippen molar-refractivity contribution < 1.29 is 0 Å². The van der Waals surface area contributed by atoms with Crippen LogP contribution in [0.5, 0.6) is 0 Å². The number of rotatable bonds is 1. The SMILES string of the molecule is CCc1cc2cc(Br)c(C)cc2s1. The van der Waals surface area contributed by atoms with E-state index in [2.05, 4.69) is 48.0 Å². The Morgan fingerprint density at radius 1 is 1.31 bits per heavy atom. The third-order valence-corrected chi connectivity index (χ3v) is 4.29. The largest absolute Gasteiger partial charge is 0.140 e. The molecule has 0 aliphatic carbocycles. The summed E-state index contributed by atoms with van der Waals surface area (Å²) in [6, 6.07) is 6.74. The minimum absolute atomic E-state index is 1.13. The summed E-state index contributed by atoms with van der Waals surface area (Å²) in [5.41, 5.74) is 1.32. The van der Waals surface area contributed by atoms with Crippen molar-refractivity contribution in [3.8, 4) is 0 Å². The summed E-state index contributed by atoms with van der Waals surface area (Å²) in [4.78, 5) is 1.47. The van der Waals surface area contributed by atoms with E-state index < -0.39 is 0 Å². The van der Waals surface area contributed by atoms with Crippen LogP contribution >= 0.6 is 27.3 Å². The van der Waals surface area contributed by atoms with Gasteiger partial charge >= 0.3 is 0 Å². The molecule has 0 unspecified atom stereocenters. The maximum atomic E-state index is 3.55. The lowest BCUT2D eigenvalue weighted by atomic mass is 10.2. The van der Waals surface area contributed by atoms with Gasteiger partial charge in [-0.25, -0.2) is 0 Å². The third kappa shape index (κ3) is 1.65. The maximum Gasteiger partial charge on any atom is 0.0349 e. The van der Waals surface area contributed by atoms with E-state index >= 15 is 0 Å². The van der Waals surface area contributed by atoms with Crippen LogP contribution in [-0.2, 0) is 6.42 Å². The predicted molar refractivity (Wildman–Crippen MR) is 63.6 cm³/mol. The molecule has 0 aliphatic rings. The highest BCUT2D eigenvalue weighted by atomic mass is 79.9. The molecule has 1 aromatic heterocycles. The first-order valence-corrected chi connectivity index (χ1v) is 6.00. The number of halogens is 1. The van der Waals surface area contributed by atoms with Crippen molar-refractivity contribution in [2.45, 2.75) is 20.3 Å². The molecule has 0 N–H and O–H groups in total. The highest BCUT2D eigenvalue weighted by Crippen LogP contribution is 2.30. The van der Waals surface area contributed by atoms with E-state index in [0.29, 0.717) is 0 Å². The van der Waals surface area contributed by atoms with Gasteiger partial charge in [0.1, 0.15) is 0 Å². The Bertz CT molecular complexity index is 404. The van der Waals surface area contributed by atoms with E-state index in [1.807, 2.05) is 11.3 Å². The Hall–Kier alpha value is -0.340. The zero-order valence-corrected chi connectivity index (χ0v) is 10.1. The molecule has 0 spiro atoms. The van der Waals surface area contributed by atoms with Crippen LogP contribution in [0.25, 0.3) is 10.1 Å². The van der Waals surface area contributed by atoms with Gasteiger partial charge in [0.15, 0.2) is 0 Å². The molecule has 0 amide bonds. The van der Waals surface area contributed by atoms with Crippen LogP contribution in [0.2, 0.25) is 0 Å². The number of hydrogen-bond donors (Lipinski definition) is 0. The highest BCUT2D eigenvalue weighted by molar-refractivity contribution is 9.10. The van der Waals surface area contributed by atoms with Crippen molar-refractivity contribution in [1.82, 2.24) is 0 Å². The van der Waals surface area contributed by atoms with Crippen molar-refractivity contribution in [3.63, 3.8) is 0 Å². The van der Waals surface area contributed by atoms with E-state index in [1.165, 1.54) is 25.0 Å². The minimum Gasteiger partial charge on any atom is -0.140 e. The normalized spacial score (nSPS) is 11.0. The van der Waals surface area contributed by atoms with Gasteiger partial charge in [0.2, 0.25) is 0 Å². The molecule has 0 bridgehead atoms. The highest BCUT2D eigenvalue weighted by Gasteiger charge is 2.02. The summed E-state index contributed by atoms with van der Waals surface area (Å²) in [5, 5.41) is 1.36. The summed E-state index contributed by atoms with van der Waals surface area (Å²) < 4.78 is 2.61. The molecular weight excluding hydrogens is 244 g/mol. The van der Waals surface area contributed by atoms with Gasteiger partial charge in [0.05, 0.1) is 0 Å². The van der Waals surface area contributed by atoms with E-state index in [-0.39, 0.29) is 0 Å². The van der Waals surface area contributed by atoms with Crippen LogP contribution in [0.1, 0.15) is 17.4 Å². The zero-order chi connectivity index (χ0) is 9.42. The van der Waals surface area contributed by atoms with Crippen LogP contribution in [-0.4, -0.2) is 0 Å². The summed E-state index contributed by atoms with van der Waals surface area (Å²) in [5.74, 6) is 0. The number of aryl methyl sites for hydroxylation is 2. The van der Waals surface area contributed by atoms with Crippen molar-refractivity contribution in [1.29, 1.82) is 0 Å². The average Bonchev–Trinajstić information content (AvgIpc) is 2.48. The fourth-order valence-corrected chi connectivity index (χ4v) is 2.84. The molecule has 0 saturated carbocycles. The average molecular weight is 255 g/mol. The second-order valence-electron chi connectivity index (χ2n) is 3.21. The summed E-state index contributed by atoms with van der Waals surface area (Å²) >= 11 is 5.45. The van der Waals surface area contributed by atoms with Crippen LogP contribution < -0.4 is 0 Å². The van der Waals surface area contributed by atoms with E-state index in [4.69, 9.17) is 0 Å². The Kier molecular flexibility index (Phi) is 2.43. The summed E-state index contributed by atoms with van der Waals surface area (Å²) in [6.07, 6.45) is 1.13. The Morgan fingerprint density at radius 2 is 2.08 bits per heavy atom. The van der Waals surface area contributed by atoms with E-state index in [0.717, 1.165) is 6.42 Å². The van der Waals surface area contributed by atoms with E-state index in [9.17, 15) is 0 Å². The van der Waals surface area contributed by atoms with Gasteiger partial charge in [-0.3, -0.25) is 0 Å². The van der Waals surface area contributed by atoms with E-state index in [1.54, 1.807) is 0 Å². The molecule has 0 fully saturated rings. The standard InChI is InChI=1S/C11H11BrS/c1-3-9-5-8-6-10(12)7(2)4-11(8)13-9/h4-6H,3H2,1-2H3. The molecule has 1 heterocycles. The summed E-state index contributed by atoms with van der Waals surface area (Å²) in [7, 11) is 0. The minimum atomic E-state index is 1.13. The molecule has 0 saturated heterocycles. The Balaban J connectivity index is 2.70. The molecule has 1 aromatic carbocycles. The van der Waals surface area contributed by atoms with Crippen molar-refractivity contribution >= 4 is 37.4 Å². The number of thiophene rings is 1. The predicted octanol–water partition coefficient (Wildman–Crippen LogP) is 4.53. The van der Waals surface area contributed by atoms with Crippen LogP contribution in [0, 0.1) is 6.92 Å². The molecule has 68 valence electrons. The maximum absolute atomic E-state index is 3.55. The van der Waals surface area contributed by atoms with Gasteiger partial charge in [0.25, 0.3) is 0 Å². The van der Waals surface area contributed by atoms with Crippen molar-refractivity contribution in [3.05, 3.63) is 33.1 Å². The first kappa shape index (κ1) is 9.22. The lowest BCUT2D eigenvalue weighted by Gasteiger charge is -1.96. The second kappa shape index (κ2) is 3.43. The van der Waals surface area contributed by atoms with Gasteiger partial charge in [-0.1, -0.05) is 22.9 Å². The zero-order valence-electron chi connectivity index (χ0n) is 7.73. The number of fused-ring (bicyclic) bond motifs is 1. The van der Waals surface area contributed by atoms with Gasteiger partial charge in [-0.2, -0.15) is 0 Å². The van der Waals surface area contributed by atoms with Crippen molar-refractivity contribution in [2.24, 2.45) is 0 Å².